The van der Waals surface area contributed by atoms with E-state index < -0.39 is 11.7 Å². The van der Waals surface area contributed by atoms with Gasteiger partial charge in [-0.1, -0.05) is 19.1 Å². The standard InChI is InChI=1S/C15H22F3NO/c1-3-19-14(6-5-11-20-4-2)12-7-9-13(10-8-12)15(16,17)18/h7-10,14,19H,3-6,11H2,1-2H3. The molecule has 0 aliphatic carbocycles. The van der Waals surface area contributed by atoms with Gasteiger partial charge >= 0.3 is 6.18 Å². The maximum absolute atomic E-state index is 12.5. The second kappa shape index (κ2) is 8.27. The molecule has 1 aromatic rings. The number of halogens is 3. The Labute approximate surface area is 118 Å². The van der Waals surface area contributed by atoms with Gasteiger partial charge in [0, 0.05) is 19.3 Å². The SMILES string of the molecule is CCNC(CCCOCC)c1ccc(C(F)(F)F)cc1. The van der Waals surface area contributed by atoms with Crippen molar-refractivity contribution < 1.29 is 17.9 Å². The van der Waals surface area contributed by atoms with Gasteiger partial charge in [0.15, 0.2) is 0 Å². The maximum atomic E-state index is 12.5. The largest absolute Gasteiger partial charge is 0.416 e. The van der Waals surface area contributed by atoms with Gasteiger partial charge in [-0.2, -0.15) is 13.2 Å². The molecule has 0 saturated heterocycles. The van der Waals surface area contributed by atoms with Crippen LogP contribution in [0.2, 0.25) is 0 Å². The van der Waals surface area contributed by atoms with Crippen LogP contribution < -0.4 is 5.32 Å². The van der Waals surface area contributed by atoms with E-state index in [1.807, 2.05) is 13.8 Å². The number of rotatable bonds is 8. The lowest BCUT2D eigenvalue weighted by Crippen LogP contribution is -2.21. The van der Waals surface area contributed by atoms with Crippen molar-refractivity contribution in [3.8, 4) is 0 Å². The minimum Gasteiger partial charge on any atom is -0.382 e. The van der Waals surface area contributed by atoms with Crippen LogP contribution in [0.25, 0.3) is 0 Å². The Bertz CT molecular complexity index is 376. The molecule has 1 rings (SSSR count). The van der Waals surface area contributed by atoms with Gasteiger partial charge in [-0.15, -0.1) is 0 Å². The molecule has 0 aliphatic heterocycles. The fourth-order valence-electron chi connectivity index (χ4n) is 2.07. The van der Waals surface area contributed by atoms with Crippen molar-refractivity contribution in [1.82, 2.24) is 5.32 Å². The molecule has 1 aromatic carbocycles. The zero-order valence-electron chi connectivity index (χ0n) is 12.0. The molecule has 0 amide bonds. The Kier molecular flexibility index (Phi) is 7.02. The van der Waals surface area contributed by atoms with E-state index in [4.69, 9.17) is 4.74 Å². The normalized spacial score (nSPS) is 13.4. The van der Waals surface area contributed by atoms with Gasteiger partial charge in [-0.05, 0) is 44.0 Å². The lowest BCUT2D eigenvalue weighted by atomic mass is 10.0. The number of hydrogen-bond donors (Lipinski definition) is 1. The molecule has 0 aliphatic rings. The zero-order chi connectivity index (χ0) is 15.0. The Morgan fingerprint density at radius 1 is 1.15 bits per heavy atom. The first-order valence-corrected chi connectivity index (χ1v) is 6.97. The Balaban J connectivity index is 2.66. The van der Waals surface area contributed by atoms with E-state index in [1.165, 1.54) is 0 Å². The Morgan fingerprint density at radius 3 is 2.30 bits per heavy atom. The highest BCUT2D eigenvalue weighted by molar-refractivity contribution is 5.26. The molecular formula is C15H22F3NO. The number of nitrogens with one attached hydrogen (secondary N) is 1. The molecule has 0 aromatic heterocycles. The van der Waals surface area contributed by atoms with Crippen molar-refractivity contribution in [2.75, 3.05) is 19.8 Å². The highest BCUT2D eigenvalue weighted by atomic mass is 19.4. The van der Waals surface area contributed by atoms with Gasteiger partial charge < -0.3 is 10.1 Å². The summed E-state index contributed by atoms with van der Waals surface area (Å²) in [7, 11) is 0. The minimum absolute atomic E-state index is 0.0720. The van der Waals surface area contributed by atoms with Gasteiger partial charge in [0.1, 0.15) is 0 Å². The summed E-state index contributed by atoms with van der Waals surface area (Å²) in [5.41, 5.74) is 0.280. The van der Waals surface area contributed by atoms with Crippen molar-refractivity contribution in [3.05, 3.63) is 35.4 Å². The van der Waals surface area contributed by atoms with E-state index in [0.29, 0.717) is 13.2 Å². The Morgan fingerprint density at radius 2 is 1.80 bits per heavy atom. The van der Waals surface area contributed by atoms with Crippen LogP contribution in [-0.4, -0.2) is 19.8 Å². The van der Waals surface area contributed by atoms with E-state index in [2.05, 4.69) is 5.32 Å². The van der Waals surface area contributed by atoms with Crippen molar-refractivity contribution in [3.63, 3.8) is 0 Å². The zero-order valence-corrected chi connectivity index (χ0v) is 12.0. The monoisotopic (exact) mass is 289 g/mol. The molecule has 0 bridgehead atoms. The highest BCUT2D eigenvalue weighted by Crippen LogP contribution is 2.30. The fraction of sp³-hybridized carbons (Fsp3) is 0.600. The van der Waals surface area contributed by atoms with Crippen molar-refractivity contribution in [1.29, 1.82) is 0 Å². The third-order valence-electron chi connectivity index (χ3n) is 3.08. The molecule has 0 fully saturated rings. The summed E-state index contributed by atoms with van der Waals surface area (Å²) >= 11 is 0. The average Bonchev–Trinajstić information content (AvgIpc) is 2.41. The topological polar surface area (TPSA) is 21.3 Å². The molecule has 5 heteroatoms. The third-order valence-corrected chi connectivity index (χ3v) is 3.08. The molecular weight excluding hydrogens is 267 g/mol. The fourth-order valence-corrected chi connectivity index (χ4v) is 2.07. The van der Waals surface area contributed by atoms with Crippen LogP contribution in [0, 0.1) is 0 Å². The van der Waals surface area contributed by atoms with Crippen LogP contribution in [0.3, 0.4) is 0 Å². The summed E-state index contributed by atoms with van der Waals surface area (Å²) in [5, 5.41) is 3.30. The Hall–Kier alpha value is -1.07. The average molecular weight is 289 g/mol. The molecule has 1 atom stereocenters. The van der Waals surface area contributed by atoms with Crippen LogP contribution in [0.15, 0.2) is 24.3 Å². The summed E-state index contributed by atoms with van der Waals surface area (Å²) in [4.78, 5) is 0. The quantitative estimate of drug-likeness (QED) is 0.725. The highest BCUT2D eigenvalue weighted by Gasteiger charge is 2.30. The van der Waals surface area contributed by atoms with Crippen LogP contribution in [0.5, 0.6) is 0 Å². The number of alkyl halides is 3. The van der Waals surface area contributed by atoms with E-state index in [1.54, 1.807) is 12.1 Å². The summed E-state index contributed by atoms with van der Waals surface area (Å²) in [6.07, 6.45) is -2.55. The van der Waals surface area contributed by atoms with Crippen LogP contribution in [0.1, 0.15) is 43.9 Å². The summed E-state index contributed by atoms with van der Waals surface area (Å²) in [6, 6.07) is 5.46. The molecule has 0 heterocycles. The van der Waals surface area contributed by atoms with Crippen LogP contribution in [-0.2, 0) is 10.9 Å². The number of hydrogen-bond acceptors (Lipinski definition) is 2. The van der Waals surface area contributed by atoms with E-state index >= 15 is 0 Å². The molecule has 1 unspecified atom stereocenters. The molecule has 1 N–H and O–H groups in total. The third kappa shape index (κ3) is 5.51. The van der Waals surface area contributed by atoms with E-state index in [0.717, 1.165) is 37.1 Å². The van der Waals surface area contributed by atoms with Gasteiger partial charge in [-0.25, -0.2) is 0 Å². The smallest absolute Gasteiger partial charge is 0.382 e. The second-order valence-electron chi connectivity index (χ2n) is 4.57. The maximum Gasteiger partial charge on any atom is 0.416 e. The predicted molar refractivity (Wildman–Crippen MR) is 73.6 cm³/mol. The lowest BCUT2D eigenvalue weighted by molar-refractivity contribution is -0.137. The minimum atomic E-state index is -4.28. The second-order valence-corrected chi connectivity index (χ2v) is 4.57. The molecule has 2 nitrogen and oxygen atoms in total. The molecule has 20 heavy (non-hydrogen) atoms. The van der Waals surface area contributed by atoms with Gasteiger partial charge in [0.25, 0.3) is 0 Å². The van der Waals surface area contributed by atoms with Crippen LogP contribution >= 0.6 is 0 Å². The number of ether oxygens (including phenoxy) is 1. The molecule has 0 radical (unpaired) electrons. The summed E-state index contributed by atoms with van der Waals surface area (Å²) in [5.74, 6) is 0. The van der Waals surface area contributed by atoms with Gasteiger partial charge in [0.2, 0.25) is 0 Å². The number of benzene rings is 1. The van der Waals surface area contributed by atoms with Gasteiger partial charge in [0.05, 0.1) is 5.56 Å². The first-order valence-electron chi connectivity index (χ1n) is 6.97. The molecule has 0 saturated carbocycles. The van der Waals surface area contributed by atoms with E-state index in [-0.39, 0.29) is 6.04 Å². The first kappa shape index (κ1) is 17.0. The van der Waals surface area contributed by atoms with Crippen molar-refractivity contribution in [2.45, 2.75) is 38.9 Å². The molecule has 114 valence electrons. The van der Waals surface area contributed by atoms with E-state index in [9.17, 15) is 13.2 Å². The first-order chi connectivity index (χ1) is 9.49. The summed E-state index contributed by atoms with van der Waals surface area (Å²) in [6.45, 7) is 6.07. The molecule has 0 spiro atoms. The van der Waals surface area contributed by atoms with Gasteiger partial charge in [-0.3, -0.25) is 0 Å². The summed E-state index contributed by atoms with van der Waals surface area (Å²) < 4.78 is 42.9. The predicted octanol–water partition coefficient (Wildman–Crippen LogP) is 4.17. The van der Waals surface area contributed by atoms with Crippen molar-refractivity contribution >= 4 is 0 Å². The lowest BCUT2D eigenvalue weighted by Gasteiger charge is -2.19. The van der Waals surface area contributed by atoms with Crippen LogP contribution in [0.4, 0.5) is 13.2 Å². The van der Waals surface area contributed by atoms with Crippen molar-refractivity contribution in [2.24, 2.45) is 0 Å².